The largest absolute Gasteiger partial charge is 0.457 e. The Hall–Kier alpha value is -5.18. The highest BCUT2D eigenvalue weighted by atomic mass is 16.5. The molecule has 2 aromatic heterocycles. The van der Waals surface area contributed by atoms with Crippen molar-refractivity contribution in [2.24, 2.45) is 0 Å². The summed E-state index contributed by atoms with van der Waals surface area (Å²) in [4.78, 5) is 20.1. The van der Waals surface area contributed by atoms with Crippen LogP contribution in [0.15, 0.2) is 84.9 Å². The molecule has 0 unspecified atom stereocenters. The summed E-state index contributed by atoms with van der Waals surface area (Å²) in [5, 5.41) is 6.66. The van der Waals surface area contributed by atoms with Gasteiger partial charge in [-0.05, 0) is 72.8 Å². The molecule has 0 aliphatic carbocycles. The molecule has 4 aromatic carbocycles. The van der Waals surface area contributed by atoms with E-state index < -0.39 is 0 Å². The second-order valence-electron chi connectivity index (χ2n) is 9.76. The summed E-state index contributed by atoms with van der Waals surface area (Å²) in [6.07, 6.45) is 0. The van der Waals surface area contributed by atoms with E-state index in [9.17, 15) is 0 Å². The van der Waals surface area contributed by atoms with Crippen molar-refractivity contribution >= 4 is 56.7 Å². The van der Waals surface area contributed by atoms with Crippen LogP contribution in [0.3, 0.4) is 0 Å². The number of rotatable bonds is 8. The molecule has 2 heterocycles. The fourth-order valence-corrected chi connectivity index (χ4v) is 4.32. The smallest absolute Gasteiger partial charge is 0.205 e. The van der Waals surface area contributed by atoms with Crippen LogP contribution in [-0.2, 0) is 0 Å². The van der Waals surface area contributed by atoms with Gasteiger partial charge in [-0.1, -0.05) is 0 Å². The molecule has 0 aliphatic rings. The van der Waals surface area contributed by atoms with Crippen LogP contribution in [-0.4, -0.2) is 48.1 Å². The molecule has 6 aromatic rings. The maximum atomic E-state index is 6.18. The molecular weight excluding hydrogens is 488 g/mol. The number of fused-ring (bicyclic) bond motifs is 2. The predicted molar refractivity (Wildman–Crippen MR) is 160 cm³/mol. The number of anilines is 6. The number of nitrogens with zero attached hydrogens (tertiary/aromatic N) is 4. The quantitative estimate of drug-likeness (QED) is 0.175. The molecule has 9 nitrogen and oxygen atoms in total. The number of aromatic amines is 2. The molecule has 0 radical (unpaired) electrons. The van der Waals surface area contributed by atoms with Crippen molar-refractivity contribution in [3.05, 3.63) is 84.9 Å². The van der Waals surface area contributed by atoms with Gasteiger partial charge >= 0.3 is 0 Å². The molecule has 0 atom stereocenters. The first-order valence-electron chi connectivity index (χ1n) is 12.7. The standard InChI is InChI=1S/C30H30N8O/c1-37(2)21-9-5-19(6-10-21)31-29-33-25-15-13-23(17-27(25)35-29)39-24-14-16-26-28(18-24)36-30(34-26)32-20-7-11-22(12-8-20)38(3)4/h5-18H,1-4H3,(H2,31,33,35)(H2,32,34,36). The minimum Gasteiger partial charge on any atom is -0.457 e. The average Bonchev–Trinajstić information content (AvgIpc) is 3.51. The normalized spacial score (nSPS) is 11.1. The number of nitrogens with one attached hydrogen (secondary N) is 4. The number of benzene rings is 4. The van der Waals surface area contributed by atoms with Crippen LogP contribution in [0, 0.1) is 0 Å². The highest BCUT2D eigenvalue weighted by Gasteiger charge is 2.09. The van der Waals surface area contributed by atoms with Crippen molar-refractivity contribution in [2.45, 2.75) is 0 Å². The second-order valence-corrected chi connectivity index (χ2v) is 9.76. The summed E-state index contributed by atoms with van der Waals surface area (Å²) in [6.45, 7) is 0. The number of aromatic nitrogens is 4. The Morgan fingerprint density at radius 2 is 0.974 bits per heavy atom. The number of hydrogen-bond acceptors (Lipinski definition) is 7. The molecule has 9 heteroatoms. The number of H-pyrrole nitrogens is 2. The molecule has 0 spiro atoms. The van der Waals surface area contributed by atoms with Crippen LogP contribution >= 0.6 is 0 Å². The van der Waals surface area contributed by atoms with Gasteiger partial charge in [0, 0.05) is 63.1 Å². The number of hydrogen-bond donors (Lipinski definition) is 4. The first-order valence-corrected chi connectivity index (χ1v) is 12.7. The lowest BCUT2D eigenvalue weighted by Crippen LogP contribution is -2.08. The van der Waals surface area contributed by atoms with E-state index in [1.165, 1.54) is 0 Å². The van der Waals surface area contributed by atoms with Crippen molar-refractivity contribution < 1.29 is 4.74 Å². The number of imidazole rings is 2. The van der Waals surface area contributed by atoms with Crippen molar-refractivity contribution in [1.82, 2.24) is 19.9 Å². The Morgan fingerprint density at radius 3 is 1.36 bits per heavy atom. The van der Waals surface area contributed by atoms with Crippen LogP contribution in [0.4, 0.5) is 34.6 Å². The summed E-state index contributed by atoms with van der Waals surface area (Å²) < 4.78 is 6.18. The van der Waals surface area contributed by atoms with E-state index in [0.717, 1.165) is 44.8 Å². The lowest BCUT2D eigenvalue weighted by atomic mass is 10.2. The molecule has 6 rings (SSSR count). The Kier molecular flexibility index (Phi) is 6.16. The molecule has 4 N–H and O–H groups in total. The van der Waals surface area contributed by atoms with Gasteiger partial charge in [0.2, 0.25) is 11.9 Å². The van der Waals surface area contributed by atoms with Gasteiger partial charge in [-0.25, -0.2) is 9.97 Å². The third-order valence-electron chi connectivity index (χ3n) is 6.44. The molecule has 39 heavy (non-hydrogen) atoms. The lowest BCUT2D eigenvalue weighted by molar-refractivity contribution is 0.484. The summed E-state index contributed by atoms with van der Waals surface area (Å²) in [6, 6.07) is 28.0. The van der Waals surface area contributed by atoms with Crippen molar-refractivity contribution in [3.8, 4) is 11.5 Å². The summed E-state index contributed by atoms with van der Waals surface area (Å²) >= 11 is 0. The Balaban J connectivity index is 1.15. The van der Waals surface area contributed by atoms with Gasteiger partial charge in [-0.2, -0.15) is 0 Å². The zero-order chi connectivity index (χ0) is 26.9. The second kappa shape index (κ2) is 9.94. The van der Waals surface area contributed by atoms with Gasteiger partial charge in [-0.15, -0.1) is 0 Å². The first kappa shape index (κ1) is 24.2. The summed E-state index contributed by atoms with van der Waals surface area (Å²) in [7, 11) is 8.09. The van der Waals surface area contributed by atoms with E-state index in [4.69, 9.17) is 4.74 Å². The van der Waals surface area contributed by atoms with Gasteiger partial charge in [0.15, 0.2) is 0 Å². The Bertz CT molecular complexity index is 1600. The van der Waals surface area contributed by atoms with E-state index in [-0.39, 0.29) is 0 Å². The van der Waals surface area contributed by atoms with E-state index >= 15 is 0 Å². The van der Waals surface area contributed by atoms with Gasteiger partial charge in [-0.3, -0.25) is 0 Å². The SMILES string of the molecule is CN(C)c1ccc(Nc2nc3ccc(Oc4ccc5nc(Nc6ccc(N(C)C)cc6)[nH]c5c4)cc3[nH]2)cc1. The molecule has 0 bridgehead atoms. The van der Waals surface area contributed by atoms with Gasteiger partial charge in [0.25, 0.3) is 0 Å². The monoisotopic (exact) mass is 518 g/mol. The highest BCUT2D eigenvalue weighted by molar-refractivity contribution is 5.81. The van der Waals surface area contributed by atoms with E-state index in [1.54, 1.807) is 0 Å². The molecular formula is C30H30N8O. The van der Waals surface area contributed by atoms with Crippen LogP contribution in [0.1, 0.15) is 0 Å². The van der Waals surface area contributed by atoms with Crippen LogP contribution in [0.2, 0.25) is 0 Å². The fourth-order valence-electron chi connectivity index (χ4n) is 4.32. The van der Waals surface area contributed by atoms with Gasteiger partial charge in [0.1, 0.15) is 11.5 Å². The fraction of sp³-hybridized carbons (Fsp3) is 0.133. The topological polar surface area (TPSA) is 97.1 Å². The molecule has 0 saturated carbocycles. The highest BCUT2D eigenvalue weighted by Crippen LogP contribution is 2.29. The van der Waals surface area contributed by atoms with Gasteiger partial charge in [0.05, 0.1) is 22.1 Å². The molecule has 0 fully saturated rings. The predicted octanol–water partition coefficient (Wildman–Crippen LogP) is 6.85. The summed E-state index contributed by atoms with van der Waals surface area (Å²) in [5.74, 6) is 2.78. The van der Waals surface area contributed by atoms with Crippen molar-refractivity contribution in [2.75, 3.05) is 48.6 Å². The Morgan fingerprint density at radius 1 is 0.564 bits per heavy atom. The molecule has 0 saturated heterocycles. The molecule has 196 valence electrons. The van der Waals surface area contributed by atoms with E-state index in [0.29, 0.717) is 23.4 Å². The van der Waals surface area contributed by atoms with E-state index in [2.05, 4.69) is 64.6 Å². The Labute approximate surface area is 226 Å². The van der Waals surface area contributed by atoms with E-state index in [1.807, 2.05) is 88.9 Å². The minimum absolute atomic E-state index is 0.676. The van der Waals surface area contributed by atoms with Crippen LogP contribution in [0.25, 0.3) is 22.1 Å². The maximum absolute atomic E-state index is 6.18. The summed E-state index contributed by atoms with van der Waals surface area (Å²) in [5.41, 5.74) is 7.68. The maximum Gasteiger partial charge on any atom is 0.205 e. The van der Waals surface area contributed by atoms with Crippen LogP contribution in [0.5, 0.6) is 11.5 Å². The van der Waals surface area contributed by atoms with Gasteiger partial charge < -0.3 is 35.1 Å². The third kappa shape index (κ3) is 5.28. The average molecular weight is 519 g/mol. The minimum atomic E-state index is 0.676. The van der Waals surface area contributed by atoms with Crippen LogP contribution < -0.4 is 25.2 Å². The lowest BCUT2D eigenvalue weighted by Gasteiger charge is -2.12. The first-order chi connectivity index (χ1) is 18.9. The molecule has 0 aliphatic heterocycles. The molecule has 0 amide bonds. The van der Waals surface area contributed by atoms with Crippen molar-refractivity contribution in [3.63, 3.8) is 0 Å². The zero-order valence-corrected chi connectivity index (χ0v) is 22.3. The third-order valence-corrected chi connectivity index (χ3v) is 6.44. The van der Waals surface area contributed by atoms with Crippen molar-refractivity contribution in [1.29, 1.82) is 0 Å². The number of ether oxygens (including phenoxy) is 1. The zero-order valence-electron chi connectivity index (χ0n) is 22.3.